The molecule has 0 unspecified atom stereocenters. The molecule has 1 amide bonds. The van der Waals surface area contributed by atoms with Gasteiger partial charge in [0, 0.05) is 11.6 Å². The van der Waals surface area contributed by atoms with Gasteiger partial charge in [-0.1, -0.05) is 15.9 Å². The molecule has 0 aliphatic carbocycles. The van der Waals surface area contributed by atoms with Crippen LogP contribution in [0.2, 0.25) is 0 Å². The second kappa shape index (κ2) is 5.98. The molecule has 0 aromatic heterocycles. The second-order valence-corrected chi connectivity index (χ2v) is 5.41. The molecule has 1 N–H and O–H groups in total. The number of carbonyl (C=O) groups excluding carboxylic acids is 1. The number of hydrogen-bond acceptors (Lipinski definition) is 3. The highest BCUT2D eigenvalue weighted by Gasteiger charge is 2.21. The number of nitrogens with zero attached hydrogens (tertiary/aromatic N) is 1. The van der Waals surface area contributed by atoms with Gasteiger partial charge in [0.05, 0.1) is 23.3 Å². The van der Waals surface area contributed by atoms with Crippen LogP contribution in [0.3, 0.4) is 0 Å². The molecular weight excluding hydrogens is 296 g/mol. The fourth-order valence-electron chi connectivity index (χ4n) is 1.37. The van der Waals surface area contributed by atoms with Crippen molar-refractivity contribution in [3.05, 3.63) is 28.2 Å². The molecule has 0 aliphatic heterocycles. The number of benzene rings is 1. The van der Waals surface area contributed by atoms with Crippen molar-refractivity contribution < 1.29 is 9.53 Å². The van der Waals surface area contributed by atoms with Crippen molar-refractivity contribution >= 4 is 27.5 Å². The minimum Gasteiger partial charge on any atom is -0.378 e. The molecule has 0 spiro atoms. The van der Waals surface area contributed by atoms with Gasteiger partial charge in [0.15, 0.2) is 0 Å². The van der Waals surface area contributed by atoms with E-state index >= 15 is 0 Å². The summed E-state index contributed by atoms with van der Waals surface area (Å²) in [7, 11) is 1.56. The Kier molecular flexibility index (Phi) is 4.88. The van der Waals surface area contributed by atoms with Crippen molar-refractivity contribution in [3.63, 3.8) is 0 Å². The number of nitriles is 1. The van der Waals surface area contributed by atoms with Gasteiger partial charge < -0.3 is 10.1 Å². The summed E-state index contributed by atoms with van der Waals surface area (Å²) in [5, 5.41) is 11.7. The van der Waals surface area contributed by atoms with Crippen LogP contribution in [0.4, 0.5) is 5.69 Å². The van der Waals surface area contributed by atoms with E-state index in [2.05, 4.69) is 21.2 Å². The van der Waals surface area contributed by atoms with E-state index in [1.165, 1.54) is 0 Å². The number of anilines is 1. The molecule has 1 aromatic carbocycles. The van der Waals surface area contributed by atoms with Gasteiger partial charge in [0.1, 0.15) is 6.07 Å². The average Bonchev–Trinajstić information content (AvgIpc) is 2.28. The van der Waals surface area contributed by atoms with E-state index in [0.29, 0.717) is 11.3 Å². The van der Waals surface area contributed by atoms with Crippen LogP contribution in [0.1, 0.15) is 25.8 Å². The maximum atomic E-state index is 11.9. The van der Waals surface area contributed by atoms with Crippen LogP contribution in [-0.4, -0.2) is 18.6 Å². The van der Waals surface area contributed by atoms with Crippen molar-refractivity contribution in [2.75, 3.05) is 12.4 Å². The van der Waals surface area contributed by atoms with Gasteiger partial charge in [-0.25, -0.2) is 0 Å². The smallest absolute Gasteiger partial charge is 0.227 e. The fraction of sp³-hybridized carbons (Fsp3) is 0.385. The lowest BCUT2D eigenvalue weighted by Crippen LogP contribution is -2.29. The van der Waals surface area contributed by atoms with E-state index in [9.17, 15) is 4.79 Å². The molecule has 4 nitrogen and oxygen atoms in total. The molecule has 0 heterocycles. The third-order valence-electron chi connectivity index (χ3n) is 2.52. The number of hydrogen-bond donors (Lipinski definition) is 1. The molecule has 5 heteroatoms. The topological polar surface area (TPSA) is 62.1 Å². The van der Waals surface area contributed by atoms with Gasteiger partial charge in [-0.15, -0.1) is 0 Å². The summed E-state index contributed by atoms with van der Waals surface area (Å²) in [6, 6.07) is 7.15. The first-order valence-corrected chi connectivity index (χ1v) is 6.22. The highest BCUT2D eigenvalue weighted by Crippen LogP contribution is 2.22. The quantitative estimate of drug-likeness (QED) is 0.929. The Bertz CT molecular complexity index is 492. The number of halogens is 1. The lowest BCUT2D eigenvalue weighted by Gasteiger charge is -2.22. The molecule has 96 valence electrons. The highest BCUT2D eigenvalue weighted by molar-refractivity contribution is 9.10. The predicted octanol–water partition coefficient (Wildman–Crippen LogP) is 3.07. The fourth-order valence-corrected chi connectivity index (χ4v) is 1.73. The molecule has 18 heavy (non-hydrogen) atoms. The largest absolute Gasteiger partial charge is 0.378 e. The molecule has 0 saturated heterocycles. The SMILES string of the molecule is COC(C)(C)CC(=O)Nc1cc(Br)ccc1C#N. The molecule has 1 rings (SSSR count). The first kappa shape index (κ1) is 14.7. The zero-order valence-electron chi connectivity index (χ0n) is 10.6. The Morgan fingerprint density at radius 3 is 2.78 bits per heavy atom. The first-order chi connectivity index (χ1) is 8.38. The summed E-state index contributed by atoms with van der Waals surface area (Å²) in [5.41, 5.74) is 0.411. The Balaban J connectivity index is 2.82. The van der Waals surface area contributed by atoms with Crippen molar-refractivity contribution in [3.8, 4) is 6.07 Å². The van der Waals surface area contributed by atoms with Crippen LogP contribution < -0.4 is 5.32 Å². The Labute approximate surface area is 115 Å². The Morgan fingerprint density at radius 2 is 2.22 bits per heavy atom. The highest BCUT2D eigenvalue weighted by atomic mass is 79.9. The second-order valence-electron chi connectivity index (χ2n) is 4.49. The maximum Gasteiger partial charge on any atom is 0.227 e. The monoisotopic (exact) mass is 310 g/mol. The van der Waals surface area contributed by atoms with Crippen molar-refractivity contribution in [1.29, 1.82) is 5.26 Å². The standard InChI is InChI=1S/C13H15BrN2O2/c1-13(2,18-3)7-12(17)16-11-6-10(14)5-4-9(11)8-15/h4-6H,7H2,1-3H3,(H,16,17). The minimum atomic E-state index is -0.525. The number of nitrogens with one attached hydrogen (secondary N) is 1. The summed E-state index contributed by atoms with van der Waals surface area (Å²) in [6.07, 6.45) is 0.223. The molecule has 0 fully saturated rings. The van der Waals surface area contributed by atoms with E-state index in [1.807, 2.05) is 19.9 Å². The molecule has 0 atom stereocenters. The summed E-state index contributed by atoms with van der Waals surface area (Å²) in [5.74, 6) is -0.184. The lowest BCUT2D eigenvalue weighted by molar-refractivity contribution is -0.121. The zero-order valence-corrected chi connectivity index (χ0v) is 12.2. The van der Waals surface area contributed by atoms with Crippen LogP contribution in [-0.2, 0) is 9.53 Å². The van der Waals surface area contributed by atoms with Crippen LogP contribution in [0.5, 0.6) is 0 Å². The van der Waals surface area contributed by atoms with Gasteiger partial charge in [-0.05, 0) is 32.0 Å². The third-order valence-corrected chi connectivity index (χ3v) is 3.01. The third kappa shape index (κ3) is 4.13. The molecule has 0 saturated carbocycles. The number of rotatable bonds is 4. The summed E-state index contributed by atoms with van der Waals surface area (Å²) in [6.45, 7) is 3.66. The maximum absolute atomic E-state index is 11.9. The molecule has 1 aromatic rings. The Hall–Kier alpha value is -1.38. The van der Waals surface area contributed by atoms with Crippen molar-refractivity contribution in [1.82, 2.24) is 0 Å². The van der Waals surface area contributed by atoms with Gasteiger partial charge in [-0.2, -0.15) is 5.26 Å². The van der Waals surface area contributed by atoms with Gasteiger partial charge in [0.25, 0.3) is 0 Å². The number of amides is 1. The van der Waals surface area contributed by atoms with E-state index in [-0.39, 0.29) is 12.3 Å². The normalized spacial score (nSPS) is 10.8. The van der Waals surface area contributed by atoms with E-state index in [4.69, 9.17) is 10.00 Å². The van der Waals surface area contributed by atoms with Gasteiger partial charge in [-0.3, -0.25) is 4.79 Å². The van der Waals surface area contributed by atoms with E-state index in [0.717, 1.165) is 4.47 Å². The van der Waals surface area contributed by atoms with E-state index in [1.54, 1.807) is 25.3 Å². The van der Waals surface area contributed by atoms with Crippen LogP contribution in [0.25, 0.3) is 0 Å². The van der Waals surface area contributed by atoms with Crippen molar-refractivity contribution in [2.24, 2.45) is 0 Å². The number of carbonyl (C=O) groups is 1. The summed E-state index contributed by atoms with van der Waals surface area (Å²) in [4.78, 5) is 11.9. The predicted molar refractivity (Wildman–Crippen MR) is 73.2 cm³/mol. The summed E-state index contributed by atoms with van der Waals surface area (Å²) < 4.78 is 6.00. The van der Waals surface area contributed by atoms with Crippen LogP contribution in [0, 0.1) is 11.3 Å². The Morgan fingerprint density at radius 1 is 1.56 bits per heavy atom. The van der Waals surface area contributed by atoms with Gasteiger partial charge >= 0.3 is 0 Å². The molecule has 0 aliphatic rings. The minimum absolute atomic E-state index is 0.184. The average molecular weight is 311 g/mol. The zero-order chi connectivity index (χ0) is 13.8. The molecular formula is C13H15BrN2O2. The lowest BCUT2D eigenvalue weighted by atomic mass is 10.0. The molecule has 0 bridgehead atoms. The number of methoxy groups -OCH3 is 1. The first-order valence-electron chi connectivity index (χ1n) is 5.42. The number of ether oxygens (including phenoxy) is 1. The van der Waals surface area contributed by atoms with Crippen molar-refractivity contribution in [2.45, 2.75) is 25.9 Å². The van der Waals surface area contributed by atoms with Crippen LogP contribution >= 0.6 is 15.9 Å². The molecule has 0 radical (unpaired) electrons. The van der Waals surface area contributed by atoms with E-state index < -0.39 is 5.60 Å². The summed E-state index contributed by atoms with van der Waals surface area (Å²) >= 11 is 3.31. The van der Waals surface area contributed by atoms with Gasteiger partial charge in [0.2, 0.25) is 5.91 Å². The van der Waals surface area contributed by atoms with Crippen LogP contribution in [0.15, 0.2) is 22.7 Å².